The number of nitrogens with one attached hydrogen (secondary N) is 1. The molecular formula is C16H15ClN2O3. The lowest BCUT2D eigenvalue weighted by atomic mass is 10.2. The second kappa shape index (κ2) is 7.47. The number of nitrogens with zero attached hydrogens (tertiary/aromatic N) is 1. The lowest BCUT2D eigenvalue weighted by Crippen LogP contribution is -2.17. The number of aromatic hydroxyl groups is 1. The zero-order chi connectivity index (χ0) is 15.9. The number of benzene rings is 2. The fraction of sp³-hybridized carbons (Fsp3) is 0.125. The summed E-state index contributed by atoms with van der Waals surface area (Å²) in [5, 5.41) is 13.8. The molecule has 0 unspecified atom stereocenters. The molecule has 0 bridgehead atoms. The van der Waals surface area contributed by atoms with Crippen molar-refractivity contribution in [2.75, 3.05) is 6.61 Å². The van der Waals surface area contributed by atoms with Crippen LogP contribution in [-0.4, -0.2) is 23.8 Å². The van der Waals surface area contributed by atoms with E-state index in [1.165, 1.54) is 12.3 Å². The zero-order valence-corrected chi connectivity index (χ0v) is 12.7. The molecule has 6 heteroatoms. The number of carbonyl (C=O) groups is 1. The summed E-state index contributed by atoms with van der Waals surface area (Å²) in [7, 11) is 0. The molecule has 0 heterocycles. The van der Waals surface area contributed by atoms with Crippen LogP contribution in [0.25, 0.3) is 0 Å². The Hall–Kier alpha value is -2.53. The third-order valence-corrected chi connectivity index (χ3v) is 3.05. The van der Waals surface area contributed by atoms with Gasteiger partial charge in [-0.25, -0.2) is 5.43 Å². The zero-order valence-electron chi connectivity index (χ0n) is 11.9. The van der Waals surface area contributed by atoms with Crippen LogP contribution >= 0.6 is 11.6 Å². The number of rotatable bonds is 5. The van der Waals surface area contributed by atoms with Crippen molar-refractivity contribution < 1.29 is 14.6 Å². The summed E-state index contributed by atoms with van der Waals surface area (Å²) in [6, 6.07) is 11.9. The molecular weight excluding hydrogens is 304 g/mol. The van der Waals surface area contributed by atoms with Gasteiger partial charge in [0.2, 0.25) is 0 Å². The maximum atomic E-state index is 11.8. The van der Waals surface area contributed by atoms with Crippen LogP contribution in [0.3, 0.4) is 0 Å². The van der Waals surface area contributed by atoms with E-state index in [4.69, 9.17) is 16.3 Å². The molecule has 22 heavy (non-hydrogen) atoms. The smallest absolute Gasteiger partial charge is 0.271 e. The summed E-state index contributed by atoms with van der Waals surface area (Å²) in [6.45, 7) is 2.20. The summed E-state index contributed by atoms with van der Waals surface area (Å²) >= 11 is 5.91. The van der Waals surface area contributed by atoms with Gasteiger partial charge in [0.1, 0.15) is 0 Å². The quantitative estimate of drug-likeness (QED) is 0.657. The summed E-state index contributed by atoms with van der Waals surface area (Å²) in [4.78, 5) is 11.8. The van der Waals surface area contributed by atoms with Crippen LogP contribution in [0.5, 0.6) is 11.5 Å². The molecule has 0 spiro atoms. The molecule has 0 atom stereocenters. The summed E-state index contributed by atoms with van der Waals surface area (Å²) in [6.07, 6.45) is 1.43. The van der Waals surface area contributed by atoms with E-state index in [1.54, 1.807) is 37.3 Å². The van der Waals surface area contributed by atoms with Crippen LogP contribution < -0.4 is 10.2 Å². The second-order valence-electron chi connectivity index (χ2n) is 4.35. The van der Waals surface area contributed by atoms with E-state index in [-0.39, 0.29) is 22.4 Å². The van der Waals surface area contributed by atoms with Crippen molar-refractivity contribution in [3.63, 3.8) is 0 Å². The van der Waals surface area contributed by atoms with Crippen molar-refractivity contribution >= 4 is 23.7 Å². The molecule has 0 radical (unpaired) electrons. The molecule has 114 valence electrons. The molecule has 5 nitrogen and oxygen atoms in total. The Bertz CT molecular complexity index is 687. The van der Waals surface area contributed by atoms with Crippen LogP contribution in [0.1, 0.15) is 22.8 Å². The van der Waals surface area contributed by atoms with Crippen molar-refractivity contribution in [2.24, 2.45) is 5.10 Å². The number of hydrogen-bond donors (Lipinski definition) is 2. The number of phenolic OH excluding ortho intramolecular Hbond substituents is 1. The highest BCUT2D eigenvalue weighted by atomic mass is 35.5. The third-order valence-electron chi connectivity index (χ3n) is 2.77. The van der Waals surface area contributed by atoms with Crippen molar-refractivity contribution in [3.05, 3.63) is 58.6 Å². The Morgan fingerprint density at radius 2 is 2.09 bits per heavy atom. The molecule has 0 saturated carbocycles. The van der Waals surface area contributed by atoms with Crippen molar-refractivity contribution in [1.29, 1.82) is 0 Å². The van der Waals surface area contributed by atoms with E-state index >= 15 is 0 Å². The predicted octanol–water partition coefficient (Wildman–Crippen LogP) is 3.21. The van der Waals surface area contributed by atoms with Crippen LogP contribution in [0.15, 0.2) is 47.6 Å². The standard InChI is InChI=1S/C16H15ClN2O3/c1-2-22-14-9-11(8-13(17)15(14)20)10-18-19-16(21)12-6-4-3-5-7-12/h3-10,20H,2H2,1H3,(H,19,21). The van der Waals surface area contributed by atoms with Gasteiger partial charge in [0.15, 0.2) is 11.5 Å². The molecule has 0 aliphatic heterocycles. The molecule has 2 rings (SSSR count). The number of ether oxygens (including phenoxy) is 1. The van der Waals surface area contributed by atoms with Crippen molar-refractivity contribution in [3.8, 4) is 11.5 Å². The third kappa shape index (κ3) is 3.99. The van der Waals surface area contributed by atoms with Gasteiger partial charge >= 0.3 is 0 Å². The highest BCUT2D eigenvalue weighted by Gasteiger charge is 2.08. The van der Waals surface area contributed by atoms with Gasteiger partial charge in [-0.2, -0.15) is 5.10 Å². The molecule has 0 aromatic heterocycles. The normalized spacial score (nSPS) is 10.6. The number of hydrazone groups is 1. The number of phenols is 1. The fourth-order valence-electron chi connectivity index (χ4n) is 1.75. The Morgan fingerprint density at radius 1 is 1.36 bits per heavy atom. The van der Waals surface area contributed by atoms with Crippen LogP contribution in [0, 0.1) is 0 Å². The molecule has 1 amide bonds. The van der Waals surface area contributed by atoms with E-state index in [2.05, 4.69) is 10.5 Å². The van der Waals surface area contributed by atoms with Gasteiger partial charge in [-0.15, -0.1) is 0 Å². The maximum Gasteiger partial charge on any atom is 0.271 e. The minimum atomic E-state index is -0.313. The first-order valence-electron chi connectivity index (χ1n) is 6.65. The lowest BCUT2D eigenvalue weighted by Gasteiger charge is -2.08. The van der Waals surface area contributed by atoms with Crippen molar-refractivity contribution in [1.82, 2.24) is 5.43 Å². The van der Waals surface area contributed by atoms with E-state index in [0.29, 0.717) is 17.7 Å². The van der Waals surface area contributed by atoms with Gasteiger partial charge in [-0.05, 0) is 36.8 Å². The summed E-state index contributed by atoms with van der Waals surface area (Å²) < 4.78 is 5.27. The number of halogens is 1. The first-order valence-corrected chi connectivity index (χ1v) is 7.03. The highest BCUT2D eigenvalue weighted by molar-refractivity contribution is 6.32. The van der Waals surface area contributed by atoms with Gasteiger partial charge < -0.3 is 9.84 Å². The fourth-order valence-corrected chi connectivity index (χ4v) is 1.97. The highest BCUT2D eigenvalue weighted by Crippen LogP contribution is 2.34. The maximum absolute atomic E-state index is 11.8. The Morgan fingerprint density at radius 3 is 2.77 bits per heavy atom. The first-order chi connectivity index (χ1) is 10.6. The monoisotopic (exact) mass is 318 g/mol. The van der Waals surface area contributed by atoms with Gasteiger partial charge in [0.25, 0.3) is 5.91 Å². The average molecular weight is 319 g/mol. The molecule has 0 aliphatic rings. The number of carbonyl (C=O) groups excluding carboxylic acids is 1. The Labute approximate surface area is 133 Å². The van der Waals surface area contributed by atoms with Gasteiger partial charge in [-0.1, -0.05) is 29.8 Å². The number of amides is 1. The molecule has 2 aromatic carbocycles. The summed E-state index contributed by atoms with van der Waals surface area (Å²) in [5.41, 5.74) is 3.53. The average Bonchev–Trinajstić information content (AvgIpc) is 2.53. The molecule has 2 aromatic rings. The minimum absolute atomic E-state index is 0.117. The number of hydrogen-bond acceptors (Lipinski definition) is 4. The van der Waals surface area contributed by atoms with Gasteiger partial charge in [0.05, 0.1) is 17.8 Å². The van der Waals surface area contributed by atoms with E-state index < -0.39 is 0 Å². The lowest BCUT2D eigenvalue weighted by molar-refractivity contribution is 0.0955. The molecule has 0 aliphatic carbocycles. The van der Waals surface area contributed by atoms with E-state index in [1.807, 2.05) is 6.07 Å². The van der Waals surface area contributed by atoms with E-state index in [0.717, 1.165) is 0 Å². The summed E-state index contributed by atoms with van der Waals surface area (Å²) in [5.74, 6) is -0.161. The first kappa shape index (κ1) is 15.9. The molecule has 0 fully saturated rings. The largest absolute Gasteiger partial charge is 0.503 e. The SMILES string of the molecule is CCOc1cc(C=NNC(=O)c2ccccc2)cc(Cl)c1O. The van der Waals surface area contributed by atoms with Crippen molar-refractivity contribution in [2.45, 2.75) is 6.92 Å². The van der Waals surface area contributed by atoms with Crippen LogP contribution in [0.4, 0.5) is 0 Å². The topological polar surface area (TPSA) is 70.9 Å². The Balaban J connectivity index is 2.09. The van der Waals surface area contributed by atoms with Gasteiger partial charge in [-0.3, -0.25) is 4.79 Å². The minimum Gasteiger partial charge on any atom is -0.503 e. The van der Waals surface area contributed by atoms with Crippen LogP contribution in [-0.2, 0) is 0 Å². The van der Waals surface area contributed by atoms with Crippen LogP contribution in [0.2, 0.25) is 5.02 Å². The second-order valence-corrected chi connectivity index (χ2v) is 4.75. The Kier molecular flexibility index (Phi) is 5.38. The molecule has 2 N–H and O–H groups in total. The van der Waals surface area contributed by atoms with Gasteiger partial charge in [0, 0.05) is 5.56 Å². The molecule has 0 saturated heterocycles. The predicted molar refractivity (Wildman–Crippen MR) is 85.8 cm³/mol. The van der Waals surface area contributed by atoms with E-state index in [9.17, 15) is 9.90 Å².